The summed E-state index contributed by atoms with van der Waals surface area (Å²) in [6.45, 7) is 6.22. The Labute approximate surface area is 99.2 Å². The summed E-state index contributed by atoms with van der Waals surface area (Å²) in [6, 6.07) is 2.23. The van der Waals surface area contributed by atoms with Gasteiger partial charge in [-0.05, 0) is 26.3 Å². The molecule has 1 aromatic heterocycles. The Morgan fingerprint density at radius 3 is 2.44 bits per heavy atom. The molecule has 1 heterocycles. The van der Waals surface area contributed by atoms with E-state index in [2.05, 4.69) is 13.0 Å². The lowest BCUT2D eigenvalue weighted by Gasteiger charge is -2.10. The van der Waals surface area contributed by atoms with Crippen LogP contribution in [-0.2, 0) is 0 Å². The molecule has 16 heavy (non-hydrogen) atoms. The summed E-state index contributed by atoms with van der Waals surface area (Å²) in [5.41, 5.74) is 7.35. The Hall–Kier alpha value is -0.760. The topological polar surface area (TPSA) is 39.2 Å². The van der Waals surface area contributed by atoms with Gasteiger partial charge >= 0.3 is 0 Å². The molecular weight excluding hydrogens is 198 g/mol. The zero-order chi connectivity index (χ0) is 12.0. The summed E-state index contributed by atoms with van der Waals surface area (Å²) in [5.74, 6) is 1.95. The van der Waals surface area contributed by atoms with Crippen molar-refractivity contribution >= 4 is 0 Å². The number of hydrogen-bond donors (Lipinski definition) is 1. The maximum absolute atomic E-state index is 6.16. The minimum Gasteiger partial charge on any atom is -0.466 e. The van der Waals surface area contributed by atoms with E-state index in [1.807, 2.05) is 13.8 Å². The first-order valence-electron chi connectivity index (χ1n) is 6.47. The Morgan fingerprint density at radius 1 is 1.19 bits per heavy atom. The predicted molar refractivity (Wildman–Crippen MR) is 68.5 cm³/mol. The molecule has 0 amide bonds. The van der Waals surface area contributed by atoms with Gasteiger partial charge in [-0.3, -0.25) is 0 Å². The molecule has 2 N–H and O–H groups in total. The van der Waals surface area contributed by atoms with Crippen molar-refractivity contribution in [1.82, 2.24) is 0 Å². The van der Waals surface area contributed by atoms with Gasteiger partial charge in [-0.15, -0.1) is 0 Å². The second-order valence-corrected chi connectivity index (χ2v) is 4.68. The lowest BCUT2D eigenvalue weighted by molar-refractivity contribution is 0.491. The fraction of sp³-hybridized carbons (Fsp3) is 0.714. The molecule has 0 aliphatic carbocycles. The number of rotatable bonds is 7. The third-order valence-electron chi connectivity index (χ3n) is 3.10. The molecule has 1 unspecified atom stereocenters. The van der Waals surface area contributed by atoms with Gasteiger partial charge in [-0.1, -0.05) is 39.0 Å². The maximum Gasteiger partial charge on any atom is 0.105 e. The molecule has 0 bridgehead atoms. The van der Waals surface area contributed by atoms with Gasteiger partial charge in [0.15, 0.2) is 0 Å². The van der Waals surface area contributed by atoms with Crippen LogP contribution in [-0.4, -0.2) is 0 Å². The van der Waals surface area contributed by atoms with Gasteiger partial charge in [0.25, 0.3) is 0 Å². The van der Waals surface area contributed by atoms with Crippen LogP contribution in [0, 0.1) is 13.8 Å². The van der Waals surface area contributed by atoms with E-state index in [4.69, 9.17) is 10.2 Å². The summed E-state index contributed by atoms with van der Waals surface area (Å²) in [7, 11) is 0. The molecule has 0 radical (unpaired) electrons. The Balaban J connectivity index is 2.29. The van der Waals surface area contributed by atoms with Crippen molar-refractivity contribution in [3.8, 4) is 0 Å². The van der Waals surface area contributed by atoms with Crippen LogP contribution in [0.5, 0.6) is 0 Å². The molecule has 1 atom stereocenters. The van der Waals surface area contributed by atoms with Crippen LogP contribution >= 0.6 is 0 Å². The number of nitrogens with two attached hydrogens (primary N) is 1. The molecule has 0 aromatic carbocycles. The second kappa shape index (κ2) is 6.74. The van der Waals surface area contributed by atoms with Crippen molar-refractivity contribution in [2.24, 2.45) is 5.73 Å². The van der Waals surface area contributed by atoms with Crippen LogP contribution in [0.3, 0.4) is 0 Å². The highest BCUT2D eigenvalue weighted by Gasteiger charge is 2.12. The van der Waals surface area contributed by atoms with Crippen molar-refractivity contribution in [3.05, 3.63) is 23.2 Å². The summed E-state index contributed by atoms with van der Waals surface area (Å²) >= 11 is 0. The molecule has 1 aromatic rings. The Morgan fingerprint density at radius 2 is 1.88 bits per heavy atom. The van der Waals surface area contributed by atoms with Crippen LogP contribution in [0.25, 0.3) is 0 Å². The van der Waals surface area contributed by atoms with Crippen molar-refractivity contribution in [1.29, 1.82) is 0 Å². The van der Waals surface area contributed by atoms with Crippen LogP contribution in [0.15, 0.2) is 10.5 Å². The number of furan rings is 1. The third-order valence-corrected chi connectivity index (χ3v) is 3.10. The van der Waals surface area contributed by atoms with Gasteiger partial charge < -0.3 is 10.2 Å². The van der Waals surface area contributed by atoms with Crippen LogP contribution < -0.4 is 5.73 Å². The van der Waals surface area contributed by atoms with Gasteiger partial charge in [0, 0.05) is 11.6 Å². The van der Waals surface area contributed by atoms with E-state index in [9.17, 15) is 0 Å². The van der Waals surface area contributed by atoms with Gasteiger partial charge in [0.05, 0.1) is 0 Å². The van der Waals surface area contributed by atoms with Gasteiger partial charge in [-0.2, -0.15) is 0 Å². The average Bonchev–Trinajstić information content (AvgIpc) is 2.57. The van der Waals surface area contributed by atoms with E-state index in [0.717, 1.165) is 17.9 Å². The van der Waals surface area contributed by atoms with Gasteiger partial charge in [0.1, 0.15) is 11.5 Å². The summed E-state index contributed by atoms with van der Waals surface area (Å²) in [4.78, 5) is 0. The highest BCUT2D eigenvalue weighted by Crippen LogP contribution is 2.23. The number of hydrogen-bond acceptors (Lipinski definition) is 2. The molecule has 2 nitrogen and oxygen atoms in total. The van der Waals surface area contributed by atoms with E-state index in [1.54, 1.807) is 0 Å². The first-order valence-corrected chi connectivity index (χ1v) is 6.47. The lowest BCUT2D eigenvalue weighted by Crippen LogP contribution is -2.10. The first-order chi connectivity index (χ1) is 7.65. The zero-order valence-electron chi connectivity index (χ0n) is 10.9. The van der Waals surface area contributed by atoms with E-state index in [1.165, 1.54) is 37.7 Å². The van der Waals surface area contributed by atoms with E-state index in [0.29, 0.717) is 0 Å². The van der Waals surface area contributed by atoms with Crippen molar-refractivity contribution in [3.63, 3.8) is 0 Å². The normalized spacial score (nSPS) is 13.0. The van der Waals surface area contributed by atoms with Crippen LogP contribution in [0.2, 0.25) is 0 Å². The molecule has 2 heteroatoms. The minimum atomic E-state index is 0.152. The fourth-order valence-electron chi connectivity index (χ4n) is 2.14. The quantitative estimate of drug-likeness (QED) is 0.702. The highest BCUT2D eigenvalue weighted by atomic mass is 16.3. The largest absolute Gasteiger partial charge is 0.466 e. The molecule has 0 saturated heterocycles. The predicted octanol–water partition coefficient (Wildman–Crippen LogP) is 4.26. The van der Waals surface area contributed by atoms with Gasteiger partial charge in [0.2, 0.25) is 0 Å². The number of aryl methyl sites for hydroxylation is 2. The lowest BCUT2D eigenvalue weighted by atomic mass is 10.0. The molecule has 0 fully saturated rings. The monoisotopic (exact) mass is 223 g/mol. The van der Waals surface area contributed by atoms with E-state index in [-0.39, 0.29) is 6.04 Å². The van der Waals surface area contributed by atoms with Crippen molar-refractivity contribution in [2.45, 2.75) is 65.3 Å². The zero-order valence-corrected chi connectivity index (χ0v) is 10.9. The summed E-state index contributed by atoms with van der Waals surface area (Å²) < 4.78 is 5.50. The van der Waals surface area contributed by atoms with E-state index >= 15 is 0 Å². The SMILES string of the molecule is CCCCCCCC(N)c1cc(C)oc1C. The van der Waals surface area contributed by atoms with Gasteiger partial charge in [-0.25, -0.2) is 0 Å². The summed E-state index contributed by atoms with van der Waals surface area (Å²) in [5, 5.41) is 0. The standard InChI is InChI=1S/C14H25NO/c1-4-5-6-7-8-9-14(15)13-10-11(2)16-12(13)3/h10,14H,4-9,15H2,1-3H3. The maximum atomic E-state index is 6.16. The Bertz CT molecular complexity index is 304. The summed E-state index contributed by atoms with van der Waals surface area (Å²) in [6.07, 6.45) is 7.59. The first kappa shape index (κ1) is 13.3. The molecule has 1 rings (SSSR count). The highest BCUT2D eigenvalue weighted by molar-refractivity contribution is 5.23. The molecule has 0 aliphatic rings. The van der Waals surface area contributed by atoms with E-state index < -0.39 is 0 Å². The third kappa shape index (κ3) is 4.01. The van der Waals surface area contributed by atoms with Crippen LogP contribution in [0.1, 0.15) is 68.6 Å². The average molecular weight is 223 g/mol. The fourth-order valence-corrected chi connectivity index (χ4v) is 2.14. The second-order valence-electron chi connectivity index (χ2n) is 4.68. The smallest absolute Gasteiger partial charge is 0.105 e. The molecule has 0 spiro atoms. The minimum absolute atomic E-state index is 0.152. The molecule has 92 valence electrons. The Kier molecular flexibility index (Phi) is 5.61. The van der Waals surface area contributed by atoms with Crippen molar-refractivity contribution in [2.75, 3.05) is 0 Å². The molecule has 0 saturated carbocycles. The number of unbranched alkanes of at least 4 members (excludes halogenated alkanes) is 4. The molecule has 0 aliphatic heterocycles. The molecular formula is C14H25NO. The van der Waals surface area contributed by atoms with Crippen LogP contribution in [0.4, 0.5) is 0 Å². The van der Waals surface area contributed by atoms with Crippen molar-refractivity contribution < 1.29 is 4.42 Å².